The molecule has 0 bridgehead atoms. The first kappa shape index (κ1) is 26.0. The van der Waals surface area contributed by atoms with Gasteiger partial charge in [0.2, 0.25) is 21.8 Å². The van der Waals surface area contributed by atoms with Crippen LogP contribution in [-0.2, 0) is 25.8 Å². The molecule has 0 radical (unpaired) electrons. The Labute approximate surface area is 202 Å². The number of nitrogens with two attached hydrogens (primary N) is 1. The van der Waals surface area contributed by atoms with Crippen LogP contribution in [-0.4, -0.2) is 42.1 Å². The van der Waals surface area contributed by atoms with E-state index in [1.165, 1.54) is 29.2 Å². The van der Waals surface area contributed by atoms with Crippen LogP contribution in [0.3, 0.4) is 0 Å². The van der Waals surface area contributed by atoms with Crippen LogP contribution in [0.1, 0.15) is 18.9 Å². The molecule has 2 aromatic rings. The van der Waals surface area contributed by atoms with Gasteiger partial charge < -0.3 is 5.32 Å². The molecule has 0 aliphatic carbocycles. The van der Waals surface area contributed by atoms with Crippen LogP contribution in [0.15, 0.2) is 52.4 Å². The Morgan fingerprint density at radius 2 is 1.88 bits per heavy atom. The molecule has 1 saturated heterocycles. The molecule has 1 aliphatic rings. The Morgan fingerprint density at radius 3 is 2.44 bits per heavy atom. The summed E-state index contributed by atoms with van der Waals surface area (Å²) in [4.78, 5) is 30.8. The number of hydrogen-bond acceptors (Lipinski definition) is 6. The van der Waals surface area contributed by atoms with E-state index in [1.54, 1.807) is 6.92 Å². The summed E-state index contributed by atoms with van der Waals surface area (Å²) >= 11 is 6.92. The second-order valence-corrected chi connectivity index (χ2v) is 10.2. The van der Waals surface area contributed by atoms with Crippen molar-refractivity contribution in [2.45, 2.75) is 29.7 Å². The molecule has 182 valence electrons. The molecule has 8 nitrogen and oxygen atoms in total. The number of alkyl halides is 3. The van der Waals surface area contributed by atoms with Crippen molar-refractivity contribution in [2.24, 2.45) is 10.1 Å². The molecular formula is C20H18ClF3N4O4S2. The number of benzene rings is 2. The van der Waals surface area contributed by atoms with Gasteiger partial charge in [-0.1, -0.05) is 23.4 Å². The molecule has 1 unspecified atom stereocenters. The van der Waals surface area contributed by atoms with Crippen molar-refractivity contribution < 1.29 is 31.2 Å². The molecule has 14 heteroatoms. The van der Waals surface area contributed by atoms with Crippen LogP contribution in [0.4, 0.5) is 24.5 Å². The van der Waals surface area contributed by atoms with Crippen LogP contribution in [0.25, 0.3) is 0 Å². The number of carbonyl (C=O) groups excluding carboxylic acids is 2. The summed E-state index contributed by atoms with van der Waals surface area (Å²) in [6.45, 7) is 1.97. The second kappa shape index (κ2) is 9.94. The summed E-state index contributed by atoms with van der Waals surface area (Å²) in [6.07, 6.45) is -4.93. The summed E-state index contributed by atoms with van der Waals surface area (Å²) in [6, 6.07) is 7.93. The number of sulfonamides is 1. The number of rotatable bonds is 6. The van der Waals surface area contributed by atoms with Gasteiger partial charge in [-0.25, -0.2) is 18.5 Å². The minimum atomic E-state index is -4.61. The normalized spacial score (nSPS) is 17.9. The van der Waals surface area contributed by atoms with Crippen LogP contribution in [0.5, 0.6) is 0 Å². The van der Waals surface area contributed by atoms with Gasteiger partial charge in [-0.3, -0.25) is 14.5 Å². The van der Waals surface area contributed by atoms with E-state index < -0.39 is 38.8 Å². The molecule has 1 heterocycles. The van der Waals surface area contributed by atoms with E-state index in [9.17, 15) is 31.2 Å². The largest absolute Gasteiger partial charge is 0.416 e. The molecule has 2 amide bonds. The average Bonchev–Trinajstić information content (AvgIpc) is 3.02. The molecular weight excluding hydrogens is 517 g/mol. The van der Waals surface area contributed by atoms with Gasteiger partial charge in [0.15, 0.2) is 5.17 Å². The first-order chi connectivity index (χ1) is 15.8. The molecule has 1 fully saturated rings. The number of amidine groups is 1. The Bertz CT molecular complexity index is 1250. The van der Waals surface area contributed by atoms with Gasteiger partial charge in [0, 0.05) is 13.0 Å². The third-order valence-corrected chi connectivity index (χ3v) is 7.10. The molecule has 0 spiro atoms. The minimum Gasteiger partial charge on any atom is -0.325 e. The van der Waals surface area contributed by atoms with Crippen molar-refractivity contribution in [1.82, 2.24) is 4.90 Å². The number of carbonyl (C=O) groups is 2. The van der Waals surface area contributed by atoms with Crippen molar-refractivity contribution in [3.63, 3.8) is 0 Å². The van der Waals surface area contributed by atoms with Crippen LogP contribution >= 0.6 is 23.4 Å². The first-order valence-corrected chi connectivity index (χ1v) is 12.5. The molecule has 3 N–H and O–H groups in total. The maximum Gasteiger partial charge on any atom is 0.416 e. The third kappa shape index (κ3) is 6.09. The summed E-state index contributed by atoms with van der Waals surface area (Å²) in [5, 5.41) is 6.76. The average molecular weight is 535 g/mol. The van der Waals surface area contributed by atoms with Gasteiger partial charge in [-0.05, 0) is 49.4 Å². The van der Waals surface area contributed by atoms with Crippen molar-refractivity contribution in [1.29, 1.82) is 0 Å². The lowest BCUT2D eigenvalue weighted by atomic mass is 10.2. The standard InChI is InChI=1S/C20H18ClF3N4O4S2/c1-2-28-18(30)16(33-19(28)26-12-4-6-13(7-5-12)34(25,31)32)10-17(29)27-15-9-11(20(22,23)24)3-8-14(15)21/h3-9,16H,2,10H2,1H3,(H,27,29)(H2,25,31,32). The van der Waals surface area contributed by atoms with E-state index in [0.29, 0.717) is 10.9 Å². The van der Waals surface area contributed by atoms with Gasteiger partial charge in [0.25, 0.3) is 0 Å². The Kier molecular flexibility index (Phi) is 7.60. The Morgan fingerprint density at radius 1 is 1.24 bits per heavy atom. The summed E-state index contributed by atoms with van der Waals surface area (Å²) in [5.41, 5.74) is -0.825. The van der Waals surface area contributed by atoms with Crippen molar-refractivity contribution in [2.75, 3.05) is 11.9 Å². The van der Waals surface area contributed by atoms with Crippen molar-refractivity contribution in [3.05, 3.63) is 53.1 Å². The van der Waals surface area contributed by atoms with Gasteiger partial charge in [-0.15, -0.1) is 0 Å². The fourth-order valence-corrected chi connectivity index (χ4v) is 4.91. The van der Waals surface area contributed by atoms with E-state index in [0.717, 1.165) is 30.0 Å². The second-order valence-electron chi connectivity index (χ2n) is 7.07. The maximum atomic E-state index is 12.9. The highest BCUT2D eigenvalue weighted by Gasteiger charge is 2.38. The number of hydrogen-bond donors (Lipinski definition) is 2. The third-order valence-electron chi connectivity index (χ3n) is 4.66. The highest BCUT2D eigenvalue weighted by atomic mass is 35.5. The SMILES string of the molecule is CCN1C(=O)C(CC(=O)Nc2cc(C(F)(F)F)ccc2Cl)SC1=Nc1ccc(S(N)(=O)=O)cc1. The lowest BCUT2D eigenvalue weighted by Gasteiger charge is -2.14. The predicted molar refractivity (Wildman–Crippen MR) is 123 cm³/mol. The van der Waals surface area contributed by atoms with Crippen molar-refractivity contribution >= 4 is 61.7 Å². The summed E-state index contributed by atoms with van der Waals surface area (Å²) in [5.74, 6) is -1.08. The highest BCUT2D eigenvalue weighted by molar-refractivity contribution is 8.15. The van der Waals surface area contributed by atoms with Crippen LogP contribution in [0.2, 0.25) is 5.02 Å². The lowest BCUT2D eigenvalue weighted by Crippen LogP contribution is -2.33. The molecule has 3 rings (SSSR count). The van der Waals surface area contributed by atoms with Crippen molar-refractivity contribution in [3.8, 4) is 0 Å². The zero-order valence-corrected chi connectivity index (χ0v) is 19.9. The number of nitrogens with one attached hydrogen (secondary N) is 1. The van der Waals surface area contributed by atoms with E-state index in [1.807, 2.05) is 0 Å². The Balaban J connectivity index is 1.75. The minimum absolute atomic E-state index is 0.0767. The van der Waals surface area contributed by atoms with E-state index in [-0.39, 0.29) is 28.6 Å². The van der Waals surface area contributed by atoms with Crippen LogP contribution < -0.4 is 10.5 Å². The molecule has 34 heavy (non-hydrogen) atoms. The molecule has 0 aromatic heterocycles. The molecule has 2 aromatic carbocycles. The zero-order chi connectivity index (χ0) is 25.3. The van der Waals surface area contributed by atoms with Crippen LogP contribution in [0, 0.1) is 0 Å². The predicted octanol–water partition coefficient (Wildman–Crippen LogP) is 3.99. The number of aliphatic imine (C=N–C) groups is 1. The van der Waals surface area contributed by atoms with E-state index in [4.69, 9.17) is 16.7 Å². The zero-order valence-electron chi connectivity index (χ0n) is 17.5. The van der Waals surface area contributed by atoms with Gasteiger partial charge >= 0.3 is 6.18 Å². The summed E-state index contributed by atoms with van der Waals surface area (Å²) in [7, 11) is -3.87. The molecule has 1 atom stereocenters. The number of amides is 2. The number of halogens is 4. The maximum absolute atomic E-state index is 12.9. The molecule has 1 aliphatic heterocycles. The lowest BCUT2D eigenvalue weighted by molar-refractivity contribution is -0.137. The smallest absolute Gasteiger partial charge is 0.325 e. The quantitative estimate of drug-likeness (QED) is 0.580. The first-order valence-electron chi connectivity index (χ1n) is 9.65. The Hall–Kier alpha value is -2.61. The number of primary sulfonamides is 1. The van der Waals surface area contributed by atoms with Gasteiger partial charge in [0.1, 0.15) is 5.25 Å². The number of nitrogens with zero attached hydrogens (tertiary/aromatic N) is 2. The van der Waals surface area contributed by atoms with E-state index in [2.05, 4.69) is 10.3 Å². The fourth-order valence-electron chi connectivity index (χ4n) is 3.00. The van der Waals surface area contributed by atoms with Gasteiger partial charge in [0.05, 0.1) is 26.9 Å². The number of thioether (sulfide) groups is 1. The highest BCUT2D eigenvalue weighted by Crippen LogP contribution is 2.35. The van der Waals surface area contributed by atoms with E-state index >= 15 is 0 Å². The fraction of sp³-hybridized carbons (Fsp3) is 0.250. The molecule has 0 saturated carbocycles. The summed E-state index contributed by atoms with van der Waals surface area (Å²) < 4.78 is 61.6. The monoisotopic (exact) mass is 534 g/mol. The number of anilines is 1. The topological polar surface area (TPSA) is 122 Å². The van der Waals surface area contributed by atoms with Gasteiger partial charge in [-0.2, -0.15) is 13.2 Å².